The zero-order valence-electron chi connectivity index (χ0n) is 53.9. The summed E-state index contributed by atoms with van der Waals surface area (Å²) in [4.78, 5) is 38.4. The average molecular weight is 1150 g/mol. The van der Waals surface area contributed by atoms with Crippen molar-refractivity contribution in [2.24, 2.45) is 0 Å². The lowest BCUT2D eigenvalue weighted by Gasteiger charge is -2.18. The molecule has 6 nitrogen and oxygen atoms in total. The van der Waals surface area contributed by atoms with Crippen LogP contribution >= 0.6 is 0 Å². The highest BCUT2D eigenvalue weighted by Crippen LogP contribution is 2.17. The van der Waals surface area contributed by atoms with Gasteiger partial charge < -0.3 is 14.2 Å². The van der Waals surface area contributed by atoms with Crippen molar-refractivity contribution in [1.82, 2.24) is 0 Å². The Labute approximate surface area is 512 Å². The van der Waals surface area contributed by atoms with Crippen molar-refractivity contribution in [3.05, 3.63) is 146 Å². The minimum absolute atomic E-state index is 0.0980. The van der Waals surface area contributed by atoms with Crippen LogP contribution in [0.3, 0.4) is 0 Å². The fourth-order valence-corrected chi connectivity index (χ4v) is 9.30. The quantitative estimate of drug-likeness (QED) is 0.0261. The van der Waals surface area contributed by atoms with E-state index in [0.29, 0.717) is 19.3 Å². The Morgan fingerprint density at radius 3 is 0.687 bits per heavy atom. The normalized spacial score (nSPS) is 13.0. The van der Waals surface area contributed by atoms with Crippen LogP contribution in [0.5, 0.6) is 0 Å². The fourth-order valence-electron chi connectivity index (χ4n) is 9.30. The molecule has 0 spiro atoms. The Morgan fingerprint density at radius 2 is 0.434 bits per heavy atom. The number of allylic oxidation sites excluding steroid dienone is 24. The lowest BCUT2D eigenvalue weighted by molar-refractivity contribution is -0.167. The van der Waals surface area contributed by atoms with E-state index in [1.807, 2.05) is 0 Å². The molecule has 0 N–H and O–H groups in total. The molecule has 0 amide bonds. The Balaban J connectivity index is 4.28. The van der Waals surface area contributed by atoms with Crippen molar-refractivity contribution in [2.75, 3.05) is 13.2 Å². The molecule has 0 fully saturated rings. The van der Waals surface area contributed by atoms with Crippen LogP contribution in [0.2, 0.25) is 0 Å². The van der Waals surface area contributed by atoms with Crippen molar-refractivity contribution < 1.29 is 28.6 Å². The van der Waals surface area contributed by atoms with Gasteiger partial charge in [-0.1, -0.05) is 295 Å². The molecule has 0 aromatic carbocycles. The zero-order chi connectivity index (χ0) is 59.9. The van der Waals surface area contributed by atoms with Crippen LogP contribution in [0, 0.1) is 0 Å². The topological polar surface area (TPSA) is 78.9 Å². The van der Waals surface area contributed by atoms with Gasteiger partial charge in [0.05, 0.1) is 0 Å². The molecule has 0 saturated heterocycles. The smallest absolute Gasteiger partial charge is 0.306 e. The van der Waals surface area contributed by atoms with Gasteiger partial charge in [0.1, 0.15) is 13.2 Å². The number of carbonyl (C=O) groups excluding carboxylic acids is 3. The molecule has 0 saturated carbocycles. The number of esters is 3. The molecule has 0 aliphatic heterocycles. The maximum Gasteiger partial charge on any atom is 0.306 e. The lowest BCUT2D eigenvalue weighted by atomic mass is 10.0. The molecule has 0 bridgehead atoms. The van der Waals surface area contributed by atoms with Crippen LogP contribution in [-0.4, -0.2) is 37.2 Å². The summed E-state index contributed by atoms with van der Waals surface area (Å²) in [5.41, 5.74) is 0. The van der Waals surface area contributed by atoms with E-state index in [1.165, 1.54) is 103 Å². The first-order chi connectivity index (χ1) is 41.0. The van der Waals surface area contributed by atoms with E-state index in [-0.39, 0.29) is 31.1 Å². The summed E-state index contributed by atoms with van der Waals surface area (Å²) in [5.74, 6) is -0.943. The van der Waals surface area contributed by atoms with Crippen LogP contribution in [0.1, 0.15) is 303 Å². The number of ether oxygens (including phenoxy) is 3. The van der Waals surface area contributed by atoms with E-state index in [2.05, 4.69) is 167 Å². The first-order valence-corrected chi connectivity index (χ1v) is 34.3. The summed E-state index contributed by atoms with van der Waals surface area (Å²) in [6.07, 6.45) is 100. The Kier molecular flexibility index (Phi) is 65.8. The monoisotopic (exact) mass is 1150 g/mol. The molecule has 0 rings (SSSR count). The SMILES string of the molecule is CC/C=C\C/C=C\C/C=C\C/C=C\C/C=C\CCCCCCCC(=O)OC(COC(=O)CCCCC/C=C\C/C=C\C/C=C\CC)COC(=O)CCCCCCCCCCCCCCCCCCCC/C=C\C/C=C\C/C=C\C/C=C\CC. The van der Waals surface area contributed by atoms with Crippen LogP contribution in [-0.2, 0) is 28.6 Å². The van der Waals surface area contributed by atoms with Crippen molar-refractivity contribution in [3.63, 3.8) is 0 Å². The van der Waals surface area contributed by atoms with E-state index in [4.69, 9.17) is 14.2 Å². The highest BCUT2D eigenvalue weighted by Gasteiger charge is 2.19. The second kappa shape index (κ2) is 69.8. The molecule has 83 heavy (non-hydrogen) atoms. The van der Waals surface area contributed by atoms with E-state index in [9.17, 15) is 14.4 Å². The molecule has 470 valence electrons. The van der Waals surface area contributed by atoms with Crippen LogP contribution in [0.25, 0.3) is 0 Å². The minimum Gasteiger partial charge on any atom is -0.462 e. The number of rotatable bonds is 61. The molecule has 0 aliphatic rings. The highest BCUT2D eigenvalue weighted by molar-refractivity contribution is 5.71. The summed E-state index contributed by atoms with van der Waals surface area (Å²) in [6.45, 7) is 6.27. The Bertz CT molecular complexity index is 1800. The van der Waals surface area contributed by atoms with E-state index >= 15 is 0 Å². The second-order valence-electron chi connectivity index (χ2n) is 22.3. The minimum atomic E-state index is -0.806. The predicted octanol–water partition coefficient (Wildman–Crippen LogP) is 23.9. The molecule has 0 aromatic rings. The summed E-state index contributed by atoms with van der Waals surface area (Å²) < 4.78 is 16.9. The van der Waals surface area contributed by atoms with Gasteiger partial charge in [0.25, 0.3) is 0 Å². The molecular formula is C77H126O6. The van der Waals surface area contributed by atoms with Crippen molar-refractivity contribution in [1.29, 1.82) is 0 Å². The molecule has 0 heterocycles. The maximum atomic E-state index is 12.9. The van der Waals surface area contributed by atoms with Gasteiger partial charge in [0, 0.05) is 19.3 Å². The van der Waals surface area contributed by atoms with Gasteiger partial charge in [-0.15, -0.1) is 0 Å². The first-order valence-electron chi connectivity index (χ1n) is 34.3. The third kappa shape index (κ3) is 68.0. The van der Waals surface area contributed by atoms with Crippen LogP contribution < -0.4 is 0 Å². The van der Waals surface area contributed by atoms with Gasteiger partial charge >= 0.3 is 17.9 Å². The molecule has 1 atom stereocenters. The molecular weight excluding hydrogens is 1020 g/mol. The zero-order valence-corrected chi connectivity index (χ0v) is 53.9. The third-order valence-corrected chi connectivity index (χ3v) is 14.3. The summed E-state index contributed by atoms with van der Waals surface area (Å²) >= 11 is 0. The van der Waals surface area contributed by atoms with Gasteiger partial charge in [-0.3, -0.25) is 14.4 Å². The van der Waals surface area contributed by atoms with Gasteiger partial charge in [0.2, 0.25) is 0 Å². The van der Waals surface area contributed by atoms with Gasteiger partial charge in [0.15, 0.2) is 6.10 Å². The molecule has 6 heteroatoms. The number of hydrogen-bond acceptors (Lipinski definition) is 6. The lowest BCUT2D eigenvalue weighted by Crippen LogP contribution is -2.30. The summed E-state index contributed by atoms with van der Waals surface area (Å²) in [6, 6.07) is 0. The van der Waals surface area contributed by atoms with Crippen molar-refractivity contribution in [3.8, 4) is 0 Å². The van der Waals surface area contributed by atoms with E-state index in [1.54, 1.807) is 0 Å². The van der Waals surface area contributed by atoms with Gasteiger partial charge in [-0.25, -0.2) is 0 Å². The standard InChI is InChI=1S/C77H126O6/c1-4-7-10-13-16-19-22-25-27-29-31-33-34-35-36-37-38-39-40-41-42-44-45-47-49-52-55-58-61-64-67-70-76(79)82-73-74(72-81-75(78)69-66-63-60-57-54-51-24-21-18-15-12-9-6-3)83-77(80)71-68-65-62-59-56-53-50-48-46-43-32-30-28-26-23-20-17-14-11-8-5-2/h7-12,16-21,25-28,31-33,43,48,50-51,54,74H,4-6,13-15,22-24,29-30,34-42,44-47,49,52-53,55-73H2,1-3H3/b10-7-,11-8-,12-9-,19-16-,20-17-,21-18-,27-25-,28-26-,33-31-,43-32-,50-48-,54-51-. The summed E-state index contributed by atoms with van der Waals surface area (Å²) in [7, 11) is 0. The highest BCUT2D eigenvalue weighted by atomic mass is 16.6. The van der Waals surface area contributed by atoms with Gasteiger partial charge in [-0.05, 0) is 135 Å². The molecule has 0 aliphatic carbocycles. The van der Waals surface area contributed by atoms with Crippen molar-refractivity contribution >= 4 is 17.9 Å². The van der Waals surface area contributed by atoms with Crippen LogP contribution in [0.4, 0.5) is 0 Å². The van der Waals surface area contributed by atoms with E-state index < -0.39 is 6.10 Å². The number of carbonyl (C=O) groups is 3. The largest absolute Gasteiger partial charge is 0.462 e. The predicted molar refractivity (Wildman–Crippen MR) is 362 cm³/mol. The average Bonchev–Trinajstić information content (AvgIpc) is 3.49. The van der Waals surface area contributed by atoms with E-state index in [0.717, 1.165) is 161 Å². The van der Waals surface area contributed by atoms with Crippen LogP contribution in [0.15, 0.2) is 146 Å². The maximum absolute atomic E-state index is 12.9. The number of hydrogen-bond donors (Lipinski definition) is 0. The Morgan fingerprint density at radius 1 is 0.241 bits per heavy atom. The summed E-state index contributed by atoms with van der Waals surface area (Å²) in [5, 5.41) is 0. The Hall–Kier alpha value is -4.71. The fraction of sp³-hybridized carbons (Fsp3) is 0.649. The first kappa shape index (κ1) is 78.3. The molecule has 1 unspecified atom stereocenters. The molecule has 0 radical (unpaired) electrons. The second-order valence-corrected chi connectivity index (χ2v) is 22.3. The number of unbranched alkanes of at least 4 members (excludes halogenated alkanes) is 26. The molecule has 0 aromatic heterocycles. The van der Waals surface area contributed by atoms with Crippen molar-refractivity contribution in [2.45, 2.75) is 309 Å². The van der Waals surface area contributed by atoms with Gasteiger partial charge in [-0.2, -0.15) is 0 Å². The third-order valence-electron chi connectivity index (χ3n) is 14.3.